The second kappa shape index (κ2) is 8.94. The molecule has 1 aliphatic heterocycles. The van der Waals surface area contributed by atoms with Gasteiger partial charge in [-0.25, -0.2) is 0 Å². The molecule has 1 aromatic heterocycles. The van der Waals surface area contributed by atoms with E-state index in [0.717, 1.165) is 4.88 Å². The first kappa shape index (κ1) is 20.6. The molecular formula is C19H19Cl2N3O3S. The van der Waals surface area contributed by atoms with E-state index in [9.17, 15) is 14.4 Å². The fourth-order valence-corrected chi connectivity index (χ4v) is 4.20. The van der Waals surface area contributed by atoms with Gasteiger partial charge in [0.1, 0.15) is 0 Å². The highest BCUT2D eigenvalue weighted by Crippen LogP contribution is 2.27. The lowest BCUT2D eigenvalue weighted by Crippen LogP contribution is -2.50. The van der Waals surface area contributed by atoms with Crippen LogP contribution in [0, 0.1) is 0 Å². The highest BCUT2D eigenvalue weighted by Gasteiger charge is 2.27. The van der Waals surface area contributed by atoms with Crippen LogP contribution in [0.15, 0.2) is 30.3 Å². The molecule has 1 fully saturated rings. The summed E-state index contributed by atoms with van der Waals surface area (Å²) in [5.74, 6) is -0.359. The summed E-state index contributed by atoms with van der Waals surface area (Å²) in [5, 5.41) is 3.31. The average Bonchev–Trinajstić information content (AvgIpc) is 3.16. The second-order valence-corrected chi connectivity index (χ2v) is 8.31. The SMILES string of the molecule is CC(=O)NCc1ccc(C(=O)N2CCN(C(=O)c3cccc(Cl)c3Cl)CC2)s1. The minimum Gasteiger partial charge on any atom is -0.351 e. The Morgan fingerprint density at radius 3 is 2.29 bits per heavy atom. The Bertz CT molecular complexity index is 908. The van der Waals surface area contributed by atoms with Crippen molar-refractivity contribution in [1.82, 2.24) is 15.1 Å². The molecular weight excluding hydrogens is 421 g/mol. The number of benzene rings is 1. The van der Waals surface area contributed by atoms with Crippen LogP contribution in [0.3, 0.4) is 0 Å². The molecule has 9 heteroatoms. The van der Waals surface area contributed by atoms with Crippen molar-refractivity contribution in [3.05, 3.63) is 55.7 Å². The summed E-state index contributed by atoms with van der Waals surface area (Å²) in [5.41, 5.74) is 0.370. The van der Waals surface area contributed by atoms with Crippen LogP contribution in [0.5, 0.6) is 0 Å². The van der Waals surface area contributed by atoms with Crippen LogP contribution in [-0.2, 0) is 11.3 Å². The van der Waals surface area contributed by atoms with Crippen molar-refractivity contribution in [2.75, 3.05) is 26.2 Å². The Morgan fingerprint density at radius 1 is 1.00 bits per heavy atom. The van der Waals surface area contributed by atoms with E-state index >= 15 is 0 Å². The topological polar surface area (TPSA) is 69.7 Å². The number of amides is 3. The van der Waals surface area contributed by atoms with Crippen molar-refractivity contribution in [3.63, 3.8) is 0 Å². The minimum absolute atomic E-state index is 0.0630. The number of thiophene rings is 1. The van der Waals surface area contributed by atoms with Gasteiger partial charge >= 0.3 is 0 Å². The van der Waals surface area contributed by atoms with Gasteiger partial charge in [-0.05, 0) is 24.3 Å². The van der Waals surface area contributed by atoms with Gasteiger partial charge in [0.2, 0.25) is 5.91 Å². The maximum Gasteiger partial charge on any atom is 0.264 e. The molecule has 0 saturated carbocycles. The first-order valence-electron chi connectivity index (χ1n) is 8.72. The van der Waals surface area contributed by atoms with Crippen LogP contribution in [0.4, 0.5) is 0 Å². The minimum atomic E-state index is -0.187. The van der Waals surface area contributed by atoms with Gasteiger partial charge in [-0.1, -0.05) is 29.3 Å². The third-order valence-corrected chi connectivity index (χ3v) is 6.31. The fraction of sp³-hybridized carbons (Fsp3) is 0.316. The number of halogens is 2. The molecule has 0 atom stereocenters. The molecule has 0 radical (unpaired) electrons. The lowest BCUT2D eigenvalue weighted by Gasteiger charge is -2.34. The summed E-state index contributed by atoms with van der Waals surface area (Å²) in [6, 6.07) is 8.59. The lowest BCUT2D eigenvalue weighted by molar-refractivity contribution is -0.119. The summed E-state index contributed by atoms with van der Waals surface area (Å²) in [4.78, 5) is 41.4. The highest BCUT2D eigenvalue weighted by molar-refractivity contribution is 7.14. The number of hydrogen-bond donors (Lipinski definition) is 1. The van der Waals surface area contributed by atoms with Gasteiger partial charge in [-0.15, -0.1) is 11.3 Å². The molecule has 1 aromatic carbocycles. The van der Waals surface area contributed by atoms with Crippen LogP contribution in [0.2, 0.25) is 10.0 Å². The first-order valence-corrected chi connectivity index (χ1v) is 10.3. The zero-order valence-electron chi connectivity index (χ0n) is 15.2. The van der Waals surface area contributed by atoms with E-state index in [0.29, 0.717) is 48.2 Å². The van der Waals surface area contributed by atoms with E-state index in [1.807, 2.05) is 6.07 Å². The maximum absolute atomic E-state index is 12.7. The molecule has 0 bridgehead atoms. The Kier molecular flexibility index (Phi) is 6.59. The molecule has 6 nitrogen and oxygen atoms in total. The standard InChI is InChI=1S/C19H19Cl2N3O3S/c1-12(25)22-11-13-5-6-16(28-13)19(27)24-9-7-23(8-10-24)18(26)14-3-2-4-15(20)17(14)21/h2-6H,7-11H2,1H3,(H,22,25). The zero-order valence-corrected chi connectivity index (χ0v) is 17.5. The van der Waals surface area contributed by atoms with Gasteiger partial charge < -0.3 is 15.1 Å². The lowest BCUT2D eigenvalue weighted by atomic mass is 10.1. The van der Waals surface area contributed by atoms with Crippen molar-refractivity contribution >= 4 is 52.3 Å². The summed E-state index contributed by atoms with van der Waals surface area (Å²) < 4.78 is 0. The first-order chi connectivity index (χ1) is 13.4. The summed E-state index contributed by atoms with van der Waals surface area (Å²) in [6.07, 6.45) is 0. The molecule has 1 aliphatic rings. The van der Waals surface area contributed by atoms with E-state index in [2.05, 4.69) is 5.32 Å². The van der Waals surface area contributed by atoms with E-state index in [1.54, 1.807) is 34.1 Å². The summed E-state index contributed by atoms with van der Waals surface area (Å²) in [7, 11) is 0. The number of hydrogen-bond acceptors (Lipinski definition) is 4. The molecule has 1 saturated heterocycles. The smallest absolute Gasteiger partial charge is 0.264 e. The number of carbonyl (C=O) groups is 3. The molecule has 2 aromatic rings. The summed E-state index contributed by atoms with van der Waals surface area (Å²) in [6.45, 7) is 3.62. The molecule has 2 heterocycles. The molecule has 148 valence electrons. The molecule has 3 amide bonds. The van der Waals surface area contributed by atoms with E-state index in [-0.39, 0.29) is 22.7 Å². The second-order valence-electron chi connectivity index (χ2n) is 6.36. The largest absolute Gasteiger partial charge is 0.351 e. The molecule has 0 spiro atoms. The van der Waals surface area contributed by atoms with Gasteiger partial charge in [0.15, 0.2) is 0 Å². The monoisotopic (exact) mass is 439 g/mol. The number of nitrogens with zero attached hydrogens (tertiary/aromatic N) is 2. The Hall–Kier alpha value is -2.09. The van der Waals surface area contributed by atoms with Crippen molar-refractivity contribution in [2.24, 2.45) is 0 Å². The van der Waals surface area contributed by atoms with E-state index in [4.69, 9.17) is 23.2 Å². The average molecular weight is 440 g/mol. The Balaban J connectivity index is 1.59. The van der Waals surface area contributed by atoms with Crippen LogP contribution in [0.25, 0.3) is 0 Å². The predicted octanol–water partition coefficient (Wildman–Crippen LogP) is 3.29. The third kappa shape index (κ3) is 4.66. The quantitative estimate of drug-likeness (QED) is 0.794. The van der Waals surface area contributed by atoms with Crippen molar-refractivity contribution in [1.29, 1.82) is 0 Å². The van der Waals surface area contributed by atoms with Crippen LogP contribution >= 0.6 is 34.5 Å². The molecule has 28 heavy (non-hydrogen) atoms. The van der Waals surface area contributed by atoms with Gasteiger partial charge in [-0.3, -0.25) is 14.4 Å². The fourth-order valence-electron chi connectivity index (χ4n) is 2.91. The van der Waals surface area contributed by atoms with Gasteiger partial charge in [0, 0.05) is 38.0 Å². The van der Waals surface area contributed by atoms with Gasteiger partial charge in [-0.2, -0.15) is 0 Å². The Labute approximate surface area is 177 Å². The Morgan fingerprint density at radius 2 is 1.64 bits per heavy atom. The van der Waals surface area contributed by atoms with Crippen molar-refractivity contribution < 1.29 is 14.4 Å². The maximum atomic E-state index is 12.7. The van der Waals surface area contributed by atoms with Crippen molar-refractivity contribution in [3.8, 4) is 0 Å². The molecule has 1 N–H and O–H groups in total. The van der Waals surface area contributed by atoms with Gasteiger partial charge in [0.25, 0.3) is 11.8 Å². The van der Waals surface area contributed by atoms with E-state index < -0.39 is 0 Å². The zero-order chi connectivity index (χ0) is 20.3. The molecule has 0 unspecified atom stereocenters. The predicted molar refractivity (Wildman–Crippen MR) is 110 cm³/mol. The number of nitrogens with one attached hydrogen (secondary N) is 1. The number of rotatable bonds is 4. The number of carbonyl (C=O) groups excluding carboxylic acids is 3. The van der Waals surface area contributed by atoms with Crippen molar-refractivity contribution in [2.45, 2.75) is 13.5 Å². The highest BCUT2D eigenvalue weighted by atomic mass is 35.5. The van der Waals surface area contributed by atoms with Crippen LogP contribution < -0.4 is 5.32 Å². The van der Waals surface area contributed by atoms with Gasteiger partial charge in [0.05, 0.1) is 27.0 Å². The third-order valence-electron chi connectivity index (χ3n) is 4.42. The molecule has 0 aliphatic carbocycles. The van der Waals surface area contributed by atoms with E-state index in [1.165, 1.54) is 18.3 Å². The normalized spacial score (nSPS) is 14.1. The summed E-state index contributed by atoms with van der Waals surface area (Å²) >= 11 is 13.5. The molecule has 3 rings (SSSR count). The van der Waals surface area contributed by atoms with Crippen LogP contribution in [-0.4, -0.2) is 53.7 Å². The number of piperazine rings is 1. The van der Waals surface area contributed by atoms with Crippen LogP contribution in [0.1, 0.15) is 31.8 Å².